The van der Waals surface area contributed by atoms with Gasteiger partial charge < -0.3 is 5.32 Å². The van der Waals surface area contributed by atoms with Crippen LogP contribution in [0.4, 0.5) is 22.7 Å². The molecule has 1 aromatic heterocycles. The van der Waals surface area contributed by atoms with Crippen LogP contribution in [-0.4, -0.2) is 43.0 Å². The summed E-state index contributed by atoms with van der Waals surface area (Å²) < 4.78 is 29.5. The van der Waals surface area contributed by atoms with E-state index >= 15 is 0 Å². The second kappa shape index (κ2) is 13.3. The maximum atomic E-state index is 14.1. The summed E-state index contributed by atoms with van der Waals surface area (Å²) >= 11 is 0. The minimum Gasteiger partial charge on any atom is -0.325 e. The Labute approximate surface area is 275 Å². The molecule has 0 saturated carbocycles. The number of hydrogen-bond acceptors (Lipinski definition) is 6. The van der Waals surface area contributed by atoms with Crippen molar-refractivity contribution in [3.05, 3.63) is 144 Å². The summed E-state index contributed by atoms with van der Waals surface area (Å²) in [5.74, 6) is -0.990. The number of fused-ring (bicyclic) bond motifs is 1. The van der Waals surface area contributed by atoms with Gasteiger partial charge >= 0.3 is 0 Å². The van der Waals surface area contributed by atoms with Gasteiger partial charge in [0.25, 0.3) is 10.0 Å². The van der Waals surface area contributed by atoms with Gasteiger partial charge in [-0.25, -0.2) is 12.7 Å². The minimum atomic E-state index is -4.04. The number of likely N-dealkylation sites (tertiary alicyclic amines) is 1. The van der Waals surface area contributed by atoms with Crippen LogP contribution in [0.2, 0.25) is 0 Å². The van der Waals surface area contributed by atoms with E-state index in [4.69, 9.17) is 4.99 Å². The molecule has 1 fully saturated rings. The molecule has 1 amide bonds. The van der Waals surface area contributed by atoms with Crippen molar-refractivity contribution in [3.63, 3.8) is 0 Å². The number of amides is 1. The molecule has 4 aromatic carbocycles. The van der Waals surface area contributed by atoms with Crippen LogP contribution < -0.4 is 9.62 Å². The number of anilines is 3. The number of pyridine rings is 1. The zero-order valence-corrected chi connectivity index (χ0v) is 26.7. The normalized spacial score (nSPS) is 16.8. The summed E-state index contributed by atoms with van der Waals surface area (Å²) in [6.45, 7) is 3.16. The van der Waals surface area contributed by atoms with Crippen LogP contribution in [0.1, 0.15) is 41.9 Å². The summed E-state index contributed by atoms with van der Waals surface area (Å²) in [5, 5.41) is 3.01. The van der Waals surface area contributed by atoms with E-state index in [-0.39, 0.29) is 10.8 Å². The van der Waals surface area contributed by atoms with Crippen LogP contribution in [0.5, 0.6) is 0 Å². The molecule has 1 N–H and O–H groups in total. The average Bonchev–Trinajstić information content (AvgIpc) is 3.44. The average molecular weight is 642 g/mol. The van der Waals surface area contributed by atoms with Gasteiger partial charge in [-0.3, -0.25) is 19.7 Å². The fourth-order valence-corrected chi connectivity index (χ4v) is 7.83. The highest BCUT2D eigenvalue weighted by molar-refractivity contribution is 7.93. The van der Waals surface area contributed by atoms with Gasteiger partial charge in [0.1, 0.15) is 5.92 Å². The van der Waals surface area contributed by atoms with E-state index in [9.17, 15) is 13.2 Å². The summed E-state index contributed by atoms with van der Waals surface area (Å²) in [6, 6.07) is 34.8. The SMILES string of the molecule is O=C1Nc2ccc(N(c3cccnc3)S(=O)(=O)c3ccccc3)cc2C1C(=Nc1ccc(CN2CCCCC2)cc1)c1ccccc1. The number of aromatic nitrogens is 1. The lowest BCUT2D eigenvalue weighted by atomic mass is 9.90. The number of sulfonamides is 1. The highest BCUT2D eigenvalue weighted by Crippen LogP contribution is 2.41. The number of nitrogens with one attached hydrogen (secondary N) is 1. The van der Waals surface area contributed by atoms with Gasteiger partial charge in [-0.1, -0.05) is 67.1 Å². The lowest BCUT2D eigenvalue weighted by Gasteiger charge is -2.26. The van der Waals surface area contributed by atoms with E-state index < -0.39 is 15.9 Å². The molecular formula is C38H35N5O3S. The van der Waals surface area contributed by atoms with Gasteiger partial charge in [0.15, 0.2) is 0 Å². The van der Waals surface area contributed by atoms with Crippen molar-refractivity contribution in [2.75, 3.05) is 22.7 Å². The molecule has 0 radical (unpaired) electrons. The zero-order valence-electron chi connectivity index (χ0n) is 25.9. The van der Waals surface area contributed by atoms with E-state index in [0.717, 1.165) is 30.9 Å². The molecule has 1 saturated heterocycles. The second-order valence-corrected chi connectivity index (χ2v) is 13.6. The first kappa shape index (κ1) is 30.5. The van der Waals surface area contributed by atoms with Crippen LogP contribution in [0.15, 0.2) is 138 Å². The maximum absolute atomic E-state index is 14.1. The van der Waals surface area contributed by atoms with E-state index in [1.165, 1.54) is 35.3 Å². The van der Waals surface area contributed by atoms with Crippen molar-refractivity contribution >= 4 is 44.4 Å². The second-order valence-electron chi connectivity index (χ2n) is 11.9. The third kappa shape index (κ3) is 6.45. The molecule has 2 aliphatic heterocycles. The molecule has 0 bridgehead atoms. The van der Waals surface area contributed by atoms with Crippen molar-refractivity contribution in [2.45, 2.75) is 36.6 Å². The molecule has 0 spiro atoms. The van der Waals surface area contributed by atoms with Crippen molar-refractivity contribution < 1.29 is 13.2 Å². The Kier molecular flexibility index (Phi) is 8.65. The van der Waals surface area contributed by atoms with E-state index in [1.54, 1.807) is 66.9 Å². The van der Waals surface area contributed by atoms with Crippen LogP contribution in [0.3, 0.4) is 0 Å². The van der Waals surface area contributed by atoms with E-state index in [2.05, 4.69) is 27.3 Å². The topological polar surface area (TPSA) is 95.0 Å². The van der Waals surface area contributed by atoms with Crippen LogP contribution in [0, 0.1) is 0 Å². The number of piperidine rings is 1. The molecule has 2 aliphatic rings. The smallest absolute Gasteiger partial charge is 0.268 e. The number of carbonyl (C=O) groups is 1. The Morgan fingerprint density at radius 1 is 0.830 bits per heavy atom. The van der Waals surface area contributed by atoms with Crippen LogP contribution in [0.25, 0.3) is 0 Å². The van der Waals surface area contributed by atoms with Crippen molar-refractivity contribution in [2.24, 2.45) is 4.99 Å². The molecule has 47 heavy (non-hydrogen) atoms. The van der Waals surface area contributed by atoms with Gasteiger partial charge in [0.2, 0.25) is 5.91 Å². The first-order valence-electron chi connectivity index (χ1n) is 15.9. The van der Waals surface area contributed by atoms with Crippen molar-refractivity contribution in [1.82, 2.24) is 9.88 Å². The first-order chi connectivity index (χ1) is 23.0. The summed E-state index contributed by atoms with van der Waals surface area (Å²) in [7, 11) is -4.04. The Hall–Kier alpha value is -5.12. The molecule has 1 unspecified atom stereocenters. The first-order valence-corrected chi connectivity index (χ1v) is 17.3. The molecule has 5 aromatic rings. The predicted octanol–water partition coefficient (Wildman–Crippen LogP) is 7.45. The van der Waals surface area contributed by atoms with Crippen LogP contribution in [-0.2, 0) is 21.4 Å². The van der Waals surface area contributed by atoms with Gasteiger partial charge in [-0.2, -0.15) is 0 Å². The standard InChI is InChI=1S/C38H35N5O3S/c44-38-36(37(29-11-4-1-5-12-29)40-30-18-16-28(17-19-30)27-42-23-8-3-9-24-42)34-25-31(20-21-35(34)41-38)43(32-13-10-22-39-26-32)47(45,46)33-14-6-2-7-15-33/h1-2,4-7,10-22,25-26,36H,3,8-9,23-24,27H2,(H,41,44). The molecule has 7 rings (SSSR count). The fourth-order valence-electron chi connectivity index (χ4n) is 6.34. The molecule has 9 heteroatoms. The maximum Gasteiger partial charge on any atom is 0.268 e. The largest absolute Gasteiger partial charge is 0.325 e. The van der Waals surface area contributed by atoms with Gasteiger partial charge in [-0.05, 0) is 97.2 Å². The Bertz CT molecular complexity index is 2000. The van der Waals surface area contributed by atoms with Gasteiger partial charge in [0, 0.05) is 18.4 Å². The number of aliphatic imine (C=N–C) groups is 1. The van der Waals surface area contributed by atoms with Gasteiger partial charge in [0.05, 0.1) is 33.9 Å². The van der Waals surface area contributed by atoms with Crippen LogP contribution >= 0.6 is 0 Å². The zero-order chi connectivity index (χ0) is 32.2. The molecule has 8 nitrogen and oxygen atoms in total. The Balaban J connectivity index is 1.30. The Morgan fingerprint density at radius 2 is 1.55 bits per heavy atom. The molecule has 3 heterocycles. The number of carbonyl (C=O) groups excluding carboxylic acids is 1. The predicted molar refractivity (Wildman–Crippen MR) is 186 cm³/mol. The highest BCUT2D eigenvalue weighted by atomic mass is 32.2. The van der Waals surface area contributed by atoms with Crippen molar-refractivity contribution in [3.8, 4) is 0 Å². The van der Waals surface area contributed by atoms with E-state index in [1.807, 2.05) is 42.5 Å². The molecular weight excluding hydrogens is 607 g/mol. The number of rotatable bonds is 9. The molecule has 236 valence electrons. The Morgan fingerprint density at radius 3 is 2.26 bits per heavy atom. The number of benzene rings is 4. The quantitative estimate of drug-likeness (QED) is 0.169. The molecule has 1 atom stereocenters. The lowest BCUT2D eigenvalue weighted by molar-refractivity contribution is -0.115. The lowest BCUT2D eigenvalue weighted by Crippen LogP contribution is -2.28. The number of nitrogens with zero attached hydrogens (tertiary/aromatic N) is 4. The summed E-state index contributed by atoms with van der Waals surface area (Å²) in [4.78, 5) is 25.6. The fraction of sp³-hybridized carbons (Fsp3) is 0.184. The van der Waals surface area contributed by atoms with Crippen molar-refractivity contribution in [1.29, 1.82) is 0 Å². The van der Waals surface area contributed by atoms with Gasteiger partial charge in [-0.15, -0.1) is 0 Å². The third-order valence-corrected chi connectivity index (χ3v) is 10.4. The summed E-state index contributed by atoms with van der Waals surface area (Å²) in [5.41, 5.74) is 5.40. The minimum absolute atomic E-state index is 0.144. The highest BCUT2D eigenvalue weighted by Gasteiger charge is 2.37. The summed E-state index contributed by atoms with van der Waals surface area (Å²) in [6.07, 6.45) is 6.90. The monoisotopic (exact) mass is 641 g/mol. The van der Waals surface area contributed by atoms with E-state index in [0.29, 0.717) is 28.3 Å². The number of hydrogen-bond donors (Lipinski definition) is 1. The molecule has 0 aliphatic carbocycles. The third-order valence-electron chi connectivity index (χ3n) is 8.65.